The number of nitro benzene ring substituents is 1. The maximum atomic E-state index is 11.7. The molecule has 0 bridgehead atoms. The molecule has 0 radical (unpaired) electrons. The van der Waals surface area contributed by atoms with Crippen molar-refractivity contribution < 1.29 is 24.3 Å². The van der Waals surface area contributed by atoms with Crippen LogP contribution in [0.1, 0.15) is 11.1 Å². The number of benzene rings is 2. The highest BCUT2D eigenvalue weighted by Crippen LogP contribution is 2.26. The molecule has 0 aliphatic carbocycles. The van der Waals surface area contributed by atoms with E-state index in [2.05, 4.69) is 0 Å². The Morgan fingerprint density at radius 3 is 2.60 bits per heavy atom. The molecule has 0 spiro atoms. The van der Waals surface area contributed by atoms with Crippen molar-refractivity contribution in [1.82, 2.24) is 0 Å². The van der Waals surface area contributed by atoms with Crippen LogP contribution in [0.15, 0.2) is 48.5 Å². The van der Waals surface area contributed by atoms with Gasteiger partial charge in [0.05, 0.1) is 18.6 Å². The Balaban J connectivity index is 1.83. The second-order valence-corrected chi connectivity index (χ2v) is 5.11. The molecule has 7 heteroatoms. The third-order valence-corrected chi connectivity index (χ3v) is 3.40. The number of phenolic OH excluding ortho intramolecular Hbond substituents is 1. The minimum Gasteiger partial charge on any atom is -0.504 e. The van der Waals surface area contributed by atoms with Crippen LogP contribution in [0.2, 0.25) is 0 Å². The number of nitro groups is 1. The molecule has 0 saturated carbocycles. The lowest BCUT2D eigenvalue weighted by Gasteiger charge is -2.04. The summed E-state index contributed by atoms with van der Waals surface area (Å²) >= 11 is 0. The molecule has 0 amide bonds. The van der Waals surface area contributed by atoms with Gasteiger partial charge in [-0.2, -0.15) is 0 Å². The maximum Gasteiger partial charge on any atom is 0.330 e. The van der Waals surface area contributed by atoms with Gasteiger partial charge in [-0.15, -0.1) is 0 Å². The van der Waals surface area contributed by atoms with Crippen molar-refractivity contribution in [3.05, 3.63) is 69.8 Å². The summed E-state index contributed by atoms with van der Waals surface area (Å²) in [6.45, 7) is 0.167. The van der Waals surface area contributed by atoms with Crippen LogP contribution >= 0.6 is 0 Å². The average Bonchev–Trinajstić information content (AvgIpc) is 2.61. The fourth-order valence-corrected chi connectivity index (χ4v) is 2.06. The van der Waals surface area contributed by atoms with E-state index in [9.17, 15) is 20.0 Å². The third kappa shape index (κ3) is 5.35. The zero-order valence-corrected chi connectivity index (χ0v) is 13.5. The van der Waals surface area contributed by atoms with Crippen molar-refractivity contribution in [1.29, 1.82) is 0 Å². The summed E-state index contributed by atoms with van der Waals surface area (Å²) in [5.74, 6) is -0.173. The Labute approximate surface area is 144 Å². The summed E-state index contributed by atoms with van der Waals surface area (Å²) in [4.78, 5) is 21.8. The number of non-ortho nitro benzene ring substituents is 1. The summed E-state index contributed by atoms with van der Waals surface area (Å²) < 4.78 is 10.1. The number of aromatic hydroxyl groups is 1. The lowest BCUT2D eigenvalue weighted by atomic mass is 10.1. The first kappa shape index (κ1) is 18.0. The molecule has 0 heterocycles. The first-order valence-electron chi connectivity index (χ1n) is 7.45. The second-order valence-electron chi connectivity index (χ2n) is 5.11. The Hall–Kier alpha value is -3.35. The molecule has 7 nitrogen and oxygen atoms in total. The monoisotopic (exact) mass is 343 g/mol. The fraction of sp³-hybridized carbons (Fsp3) is 0.167. The highest BCUT2D eigenvalue weighted by atomic mass is 16.6. The van der Waals surface area contributed by atoms with Gasteiger partial charge in [-0.25, -0.2) is 4.79 Å². The molecule has 0 atom stereocenters. The maximum absolute atomic E-state index is 11.7. The average molecular weight is 343 g/mol. The predicted octanol–water partition coefficient (Wildman–Crippen LogP) is 3.11. The second kappa shape index (κ2) is 8.49. The normalized spacial score (nSPS) is 10.6. The van der Waals surface area contributed by atoms with E-state index in [0.717, 1.165) is 5.56 Å². The summed E-state index contributed by atoms with van der Waals surface area (Å²) in [6.07, 6.45) is 3.29. The number of carbonyl (C=O) groups excluding carboxylic acids is 1. The molecular weight excluding hydrogens is 326 g/mol. The summed E-state index contributed by atoms with van der Waals surface area (Å²) in [5, 5.41) is 20.1. The van der Waals surface area contributed by atoms with Crippen molar-refractivity contribution in [2.24, 2.45) is 0 Å². The number of ether oxygens (including phenoxy) is 2. The molecule has 1 N–H and O–H groups in total. The van der Waals surface area contributed by atoms with Gasteiger partial charge >= 0.3 is 5.97 Å². The van der Waals surface area contributed by atoms with Crippen molar-refractivity contribution in [2.45, 2.75) is 6.42 Å². The molecule has 0 fully saturated rings. The van der Waals surface area contributed by atoms with Crippen molar-refractivity contribution in [3.8, 4) is 11.5 Å². The van der Waals surface area contributed by atoms with Crippen molar-refractivity contribution in [2.75, 3.05) is 13.7 Å². The molecule has 0 aromatic heterocycles. The van der Waals surface area contributed by atoms with Gasteiger partial charge in [-0.05, 0) is 29.3 Å². The molecule has 0 saturated heterocycles. The highest BCUT2D eigenvalue weighted by molar-refractivity contribution is 5.87. The molecule has 2 rings (SSSR count). The molecule has 2 aromatic rings. The Morgan fingerprint density at radius 1 is 1.24 bits per heavy atom. The number of esters is 1. The number of hydrogen-bond donors (Lipinski definition) is 1. The first-order valence-corrected chi connectivity index (χ1v) is 7.45. The van der Waals surface area contributed by atoms with Gasteiger partial charge in [-0.3, -0.25) is 10.1 Å². The van der Waals surface area contributed by atoms with E-state index in [1.807, 2.05) is 0 Å². The molecule has 0 aliphatic rings. The molecule has 0 unspecified atom stereocenters. The van der Waals surface area contributed by atoms with Crippen LogP contribution in [0.5, 0.6) is 11.5 Å². The summed E-state index contributed by atoms with van der Waals surface area (Å²) in [5.41, 5.74) is 1.54. The van der Waals surface area contributed by atoms with E-state index < -0.39 is 10.9 Å². The third-order valence-electron chi connectivity index (χ3n) is 3.40. The molecule has 25 heavy (non-hydrogen) atoms. The quantitative estimate of drug-likeness (QED) is 0.359. The zero-order chi connectivity index (χ0) is 18.2. The first-order chi connectivity index (χ1) is 12.0. The minimum absolute atomic E-state index is 0.0188. The fourth-order valence-electron chi connectivity index (χ4n) is 2.06. The number of carbonyl (C=O) groups is 1. The Bertz CT molecular complexity index is 783. The van der Waals surface area contributed by atoms with E-state index in [0.29, 0.717) is 17.7 Å². The van der Waals surface area contributed by atoms with Crippen LogP contribution in [0.3, 0.4) is 0 Å². The van der Waals surface area contributed by atoms with Crippen LogP contribution in [0.25, 0.3) is 6.08 Å². The van der Waals surface area contributed by atoms with Crippen LogP contribution < -0.4 is 4.74 Å². The van der Waals surface area contributed by atoms with Gasteiger partial charge in [0.1, 0.15) is 0 Å². The van der Waals surface area contributed by atoms with E-state index in [-0.39, 0.29) is 18.0 Å². The number of methoxy groups -OCH3 is 1. The molecule has 130 valence electrons. The zero-order valence-electron chi connectivity index (χ0n) is 13.5. The number of rotatable bonds is 7. The highest BCUT2D eigenvalue weighted by Gasteiger charge is 2.05. The van der Waals surface area contributed by atoms with Gasteiger partial charge in [-0.1, -0.05) is 18.2 Å². The van der Waals surface area contributed by atoms with Crippen LogP contribution in [-0.2, 0) is 16.0 Å². The molecule has 0 aliphatic heterocycles. The van der Waals surface area contributed by atoms with Gasteiger partial charge in [0.15, 0.2) is 11.5 Å². The topological polar surface area (TPSA) is 98.9 Å². The number of hydrogen-bond acceptors (Lipinski definition) is 6. The summed E-state index contributed by atoms with van der Waals surface area (Å²) in [7, 11) is 1.44. The Kier molecular flexibility index (Phi) is 6.11. The SMILES string of the molecule is COc1cc(/C=C/C(=O)OCCc2ccc([N+](=O)[O-])cc2)ccc1O. The van der Waals surface area contributed by atoms with E-state index in [4.69, 9.17) is 9.47 Å². The predicted molar refractivity (Wildman–Crippen MR) is 91.5 cm³/mol. The Morgan fingerprint density at radius 2 is 1.96 bits per heavy atom. The van der Waals surface area contributed by atoms with Crippen LogP contribution in [-0.4, -0.2) is 29.7 Å². The lowest BCUT2D eigenvalue weighted by Crippen LogP contribution is -2.04. The summed E-state index contributed by atoms with van der Waals surface area (Å²) in [6, 6.07) is 10.8. The van der Waals surface area contributed by atoms with Gasteiger partial charge < -0.3 is 14.6 Å². The lowest BCUT2D eigenvalue weighted by molar-refractivity contribution is -0.384. The van der Waals surface area contributed by atoms with Crippen LogP contribution in [0.4, 0.5) is 5.69 Å². The van der Waals surface area contributed by atoms with E-state index in [1.54, 1.807) is 30.3 Å². The molecular formula is C18H17NO6. The van der Waals surface area contributed by atoms with Gasteiger partial charge in [0, 0.05) is 24.6 Å². The standard InChI is InChI=1S/C18H17NO6/c1-24-17-12-14(4-8-16(17)20)5-9-18(21)25-11-10-13-2-6-15(7-3-13)19(22)23/h2-9,12,20H,10-11H2,1H3/b9-5+. The van der Waals surface area contributed by atoms with Crippen LogP contribution in [0, 0.1) is 10.1 Å². The van der Waals surface area contributed by atoms with Crippen molar-refractivity contribution in [3.63, 3.8) is 0 Å². The largest absolute Gasteiger partial charge is 0.504 e. The van der Waals surface area contributed by atoms with Crippen molar-refractivity contribution >= 4 is 17.7 Å². The number of phenols is 1. The van der Waals surface area contributed by atoms with E-state index >= 15 is 0 Å². The minimum atomic E-state index is -0.506. The number of nitrogens with zero attached hydrogens (tertiary/aromatic N) is 1. The van der Waals surface area contributed by atoms with Gasteiger partial charge in [0.25, 0.3) is 5.69 Å². The van der Waals surface area contributed by atoms with Gasteiger partial charge in [0.2, 0.25) is 0 Å². The molecule has 2 aromatic carbocycles. The smallest absolute Gasteiger partial charge is 0.330 e. The van der Waals surface area contributed by atoms with E-state index in [1.165, 1.54) is 31.4 Å².